The van der Waals surface area contributed by atoms with Crippen LogP contribution in [0.2, 0.25) is 5.02 Å². The van der Waals surface area contributed by atoms with Gasteiger partial charge in [-0.15, -0.1) is 0 Å². The number of carbonyl (C=O) groups excluding carboxylic acids is 1. The number of carbonyl (C=O) groups is 1. The third kappa shape index (κ3) is 6.52. The van der Waals surface area contributed by atoms with Crippen LogP contribution < -0.4 is 10.1 Å². The van der Waals surface area contributed by atoms with Crippen molar-refractivity contribution in [1.29, 1.82) is 0 Å². The van der Waals surface area contributed by atoms with Gasteiger partial charge >= 0.3 is 0 Å². The summed E-state index contributed by atoms with van der Waals surface area (Å²) in [4.78, 5) is 24.2. The lowest BCUT2D eigenvalue weighted by Crippen LogP contribution is -2.44. The first-order chi connectivity index (χ1) is 19.8. The molecule has 1 aromatic heterocycles. The minimum Gasteiger partial charge on any atom is -0.492 e. The van der Waals surface area contributed by atoms with Crippen LogP contribution in [0.25, 0.3) is 10.9 Å². The van der Waals surface area contributed by atoms with Gasteiger partial charge in [-0.2, -0.15) is 0 Å². The van der Waals surface area contributed by atoms with Crippen LogP contribution in [-0.2, 0) is 25.4 Å². The second-order valence-electron chi connectivity index (χ2n) is 11.1. The highest BCUT2D eigenvalue weighted by Crippen LogP contribution is 2.34. The maximum Gasteiger partial charge on any atom is 0.159 e. The molecule has 11 heteroatoms. The molecule has 0 unspecified atom stereocenters. The number of rotatable bonds is 10. The summed E-state index contributed by atoms with van der Waals surface area (Å²) >= 11 is 5.97. The van der Waals surface area contributed by atoms with Crippen molar-refractivity contribution in [2.45, 2.75) is 25.6 Å². The first-order valence-electron chi connectivity index (χ1n) is 13.7. The molecule has 1 N–H and O–H groups in total. The van der Waals surface area contributed by atoms with Gasteiger partial charge < -0.3 is 24.3 Å². The SMILES string of the molecule is CC1(COc2cc3ncnc(Nc4ccc(F)c(Cl)c4)c3cc2CC(=O)/C=C/CN2C[C@@H]3OCCO[C@@H]3C2)COC1. The molecule has 6 rings (SSSR count). The van der Waals surface area contributed by atoms with E-state index in [4.69, 9.17) is 30.5 Å². The van der Waals surface area contributed by atoms with E-state index in [1.165, 1.54) is 18.5 Å². The fraction of sp³-hybridized carbons (Fsp3) is 0.433. The molecule has 4 heterocycles. The van der Waals surface area contributed by atoms with Crippen LogP contribution in [0.1, 0.15) is 12.5 Å². The zero-order valence-corrected chi connectivity index (χ0v) is 23.5. The number of likely N-dealkylation sites (tertiary alicyclic amines) is 1. The highest BCUT2D eigenvalue weighted by molar-refractivity contribution is 6.31. The fourth-order valence-electron chi connectivity index (χ4n) is 5.26. The first kappa shape index (κ1) is 28.0. The van der Waals surface area contributed by atoms with E-state index < -0.39 is 5.82 Å². The topological polar surface area (TPSA) is 95.0 Å². The highest BCUT2D eigenvalue weighted by Gasteiger charge is 2.36. The highest BCUT2D eigenvalue weighted by atomic mass is 35.5. The minimum absolute atomic E-state index is 0.00309. The van der Waals surface area contributed by atoms with Crippen LogP contribution >= 0.6 is 11.6 Å². The average Bonchev–Trinajstić information content (AvgIpc) is 3.36. The summed E-state index contributed by atoms with van der Waals surface area (Å²) in [5, 5.41) is 3.89. The van der Waals surface area contributed by atoms with Crippen molar-refractivity contribution in [2.75, 3.05) is 58.0 Å². The molecule has 3 aromatic rings. The lowest BCUT2D eigenvalue weighted by molar-refractivity contribution is -0.120. The van der Waals surface area contributed by atoms with Crippen LogP contribution in [0.3, 0.4) is 0 Å². The Morgan fingerprint density at radius 2 is 1.98 bits per heavy atom. The van der Waals surface area contributed by atoms with Crippen LogP contribution in [0.4, 0.5) is 15.9 Å². The van der Waals surface area contributed by atoms with Gasteiger partial charge in [-0.05, 0) is 30.3 Å². The number of benzene rings is 2. The summed E-state index contributed by atoms with van der Waals surface area (Å²) in [7, 11) is 0. The van der Waals surface area contributed by atoms with Gasteiger partial charge in [-0.3, -0.25) is 9.69 Å². The summed E-state index contributed by atoms with van der Waals surface area (Å²) in [6.07, 6.45) is 5.30. The van der Waals surface area contributed by atoms with Crippen molar-refractivity contribution in [2.24, 2.45) is 5.41 Å². The zero-order chi connectivity index (χ0) is 28.4. The number of hydrogen-bond donors (Lipinski definition) is 1. The third-order valence-corrected chi connectivity index (χ3v) is 7.84. The normalized spacial score (nSPS) is 22.0. The Bertz CT molecular complexity index is 1450. The molecule has 9 nitrogen and oxygen atoms in total. The Kier molecular flexibility index (Phi) is 8.19. The molecule has 41 heavy (non-hydrogen) atoms. The molecule has 0 bridgehead atoms. The maximum atomic E-state index is 13.7. The largest absolute Gasteiger partial charge is 0.492 e. The van der Waals surface area contributed by atoms with Gasteiger partial charge in [0.25, 0.3) is 0 Å². The van der Waals surface area contributed by atoms with E-state index in [0.29, 0.717) is 67.7 Å². The molecule has 216 valence electrons. The molecule has 0 saturated carbocycles. The molecule has 0 spiro atoms. The smallest absolute Gasteiger partial charge is 0.159 e. The second kappa shape index (κ2) is 12.0. The number of nitrogens with zero attached hydrogens (tertiary/aromatic N) is 3. The standard InChI is InChI=1S/C30H32ClFN4O5/c1-30(15-38-16-30)17-41-26-12-25-22(29(34-18-33-25)35-20-4-5-24(32)23(31)11-20)10-19(26)9-21(37)3-2-6-36-13-27-28(14-36)40-8-7-39-27/h2-5,10-12,18,27-28H,6-9,13-17H2,1H3,(H,33,34,35)/b3-2+/t27-,28+. The van der Waals surface area contributed by atoms with Crippen molar-refractivity contribution in [3.8, 4) is 5.75 Å². The van der Waals surface area contributed by atoms with E-state index in [0.717, 1.165) is 18.7 Å². The zero-order valence-electron chi connectivity index (χ0n) is 22.8. The van der Waals surface area contributed by atoms with E-state index in [-0.39, 0.29) is 34.8 Å². The molecule has 3 aliphatic heterocycles. The number of hydrogen-bond acceptors (Lipinski definition) is 9. The quantitative estimate of drug-likeness (QED) is 0.350. The number of nitrogens with one attached hydrogen (secondary N) is 1. The molecular formula is C30H32ClFN4O5. The van der Waals surface area contributed by atoms with Gasteiger partial charge in [-0.1, -0.05) is 24.6 Å². The van der Waals surface area contributed by atoms with Crippen LogP contribution in [-0.4, -0.2) is 85.5 Å². The number of allylic oxidation sites excluding steroid dienone is 1. The Hall–Kier alpha value is -3.15. The molecular weight excluding hydrogens is 551 g/mol. The van der Waals surface area contributed by atoms with Crippen molar-refractivity contribution < 1.29 is 28.1 Å². The molecule has 3 aliphatic rings. The van der Waals surface area contributed by atoms with E-state index in [9.17, 15) is 9.18 Å². The van der Waals surface area contributed by atoms with E-state index >= 15 is 0 Å². The maximum absolute atomic E-state index is 13.7. The fourth-order valence-corrected chi connectivity index (χ4v) is 5.44. The Morgan fingerprint density at radius 1 is 1.20 bits per heavy atom. The lowest BCUT2D eigenvalue weighted by atomic mass is 9.90. The predicted octanol–water partition coefficient (Wildman–Crippen LogP) is 4.35. The molecule has 0 aliphatic carbocycles. The van der Waals surface area contributed by atoms with Gasteiger partial charge in [0.1, 0.15) is 23.7 Å². The Morgan fingerprint density at radius 3 is 2.68 bits per heavy atom. The monoisotopic (exact) mass is 582 g/mol. The number of anilines is 2. The number of halogens is 2. The summed E-state index contributed by atoms with van der Waals surface area (Å²) in [6, 6.07) is 8.07. The number of ether oxygens (including phenoxy) is 4. The molecule has 0 radical (unpaired) electrons. The van der Waals surface area contributed by atoms with Crippen molar-refractivity contribution in [3.05, 3.63) is 65.2 Å². The third-order valence-electron chi connectivity index (χ3n) is 7.55. The molecule has 3 fully saturated rings. The molecule has 2 atom stereocenters. The van der Waals surface area contributed by atoms with Gasteiger partial charge in [0.05, 0.1) is 55.8 Å². The second-order valence-corrected chi connectivity index (χ2v) is 11.5. The number of ketones is 1. The van der Waals surface area contributed by atoms with Crippen LogP contribution in [0.15, 0.2) is 48.8 Å². The van der Waals surface area contributed by atoms with E-state index in [2.05, 4.69) is 27.1 Å². The van der Waals surface area contributed by atoms with Gasteiger partial charge in [0.2, 0.25) is 0 Å². The average molecular weight is 583 g/mol. The van der Waals surface area contributed by atoms with Gasteiger partial charge in [-0.25, -0.2) is 14.4 Å². The summed E-state index contributed by atoms with van der Waals surface area (Å²) < 4.78 is 36.9. The van der Waals surface area contributed by atoms with Crippen LogP contribution in [0, 0.1) is 11.2 Å². The number of aromatic nitrogens is 2. The van der Waals surface area contributed by atoms with E-state index in [1.54, 1.807) is 12.1 Å². The molecule has 0 amide bonds. The molecule has 3 saturated heterocycles. The Labute approximate surface area is 242 Å². The Balaban J connectivity index is 1.21. The summed E-state index contributed by atoms with van der Waals surface area (Å²) in [5.74, 6) is 0.552. The van der Waals surface area contributed by atoms with Gasteiger partial charge in [0, 0.05) is 54.2 Å². The van der Waals surface area contributed by atoms with Crippen molar-refractivity contribution >= 4 is 39.8 Å². The summed E-state index contributed by atoms with van der Waals surface area (Å²) in [6.45, 7) is 7.32. The van der Waals surface area contributed by atoms with Gasteiger partial charge in [0.15, 0.2) is 5.78 Å². The van der Waals surface area contributed by atoms with Crippen molar-refractivity contribution in [3.63, 3.8) is 0 Å². The van der Waals surface area contributed by atoms with E-state index in [1.807, 2.05) is 18.2 Å². The summed E-state index contributed by atoms with van der Waals surface area (Å²) in [5.41, 5.74) is 1.87. The lowest BCUT2D eigenvalue weighted by Gasteiger charge is -2.37. The van der Waals surface area contributed by atoms with Crippen molar-refractivity contribution in [1.82, 2.24) is 14.9 Å². The first-order valence-corrected chi connectivity index (χ1v) is 14.1. The predicted molar refractivity (Wildman–Crippen MR) is 152 cm³/mol. The number of fused-ring (bicyclic) bond motifs is 2. The van der Waals surface area contributed by atoms with Crippen LogP contribution in [0.5, 0.6) is 5.75 Å². The minimum atomic E-state index is -0.504. The molecule has 2 aromatic carbocycles.